The Morgan fingerprint density at radius 2 is 2.00 bits per heavy atom. The summed E-state index contributed by atoms with van der Waals surface area (Å²) in [5.41, 5.74) is 10.7. The monoisotopic (exact) mass is 140 g/mol. The molecule has 0 aromatic carbocycles. The van der Waals surface area contributed by atoms with E-state index in [-0.39, 0.29) is 17.9 Å². The summed E-state index contributed by atoms with van der Waals surface area (Å²) in [7, 11) is 0. The zero-order valence-corrected chi connectivity index (χ0v) is 5.79. The van der Waals surface area contributed by atoms with Crippen molar-refractivity contribution in [3.8, 4) is 0 Å². The van der Waals surface area contributed by atoms with Crippen molar-refractivity contribution in [3.05, 3.63) is 12.2 Å². The molecule has 0 saturated heterocycles. The van der Waals surface area contributed by atoms with Crippen LogP contribution in [-0.2, 0) is 4.79 Å². The molecule has 1 rings (SSSR count). The van der Waals surface area contributed by atoms with E-state index < -0.39 is 0 Å². The molecule has 2 atom stereocenters. The summed E-state index contributed by atoms with van der Waals surface area (Å²) < 4.78 is 0. The molecule has 1 amide bonds. The van der Waals surface area contributed by atoms with E-state index in [1.54, 1.807) is 0 Å². The summed E-state index contributed by atoms with van der Waals surface area (Å²) in [4.78, 5) is 10.7. The first-order chi connectivity index (χ1) is 4.72. The van der Waals surface area contributed by atoms with Crippen LogP contribution in [0.25, 0.3) is 0 Å². The van der Waals surface area contributed by atoms with Crippen LogP contribution in [0.2, 0.25) is 0 Å². The van der Waals surface area contributed by atoms with E-state index in [0.717, 1.165) is 6.42 Å². The number of amides is 1. The molecule has 3 nitrogen and oxygen atoms in total. The van der Waals surface area contributed by atoms with Crippen molar-refractivity contribution in [2.45, 2.75) is 18.9 Å². The van der Waals surface area contributed by atoms with Crippen molar-refractivity contribution in [1.29, 1.82) is 0 Å². The lowest BCUT2D eigenvalue weighted by molar-refractivity contribution is -0.122. The average molecular weight is 140 g/mol. The zero-order chi connectivity index (χ0) is 7.56. The maximum absolute atomic E-state index is 10.7. The van der Waals surface area contributed by atoms with Crippen LogP contribution in [0.5, 0.6) is 0 Å². The molecule has 0 bridgehead atoms. The zero-order valence-electron chi connectivity index (χ0n) is 5.79. The van der Waals surface area contributed by atoms with Crippen LogP contribution >= 0.6 is 0 Å². The maximum atomic E-state index is 10.7. The number of carbonyl (C=O) groups excluding carboxylic acids is 1. The molecule has 1 aliphatic carbocycles. The van der Waals surface area contributed by atoms with Gasteiger partial charge in [-0.1, -0.05) is 12.2 Å². The predicted octanol–water partition coefficient (Wildman–Crippen LogP) is -0.235. The van der Waals surface area contributed by atoms with Gasteiger partial charge in [-0.2, -0.15) is 0 Å². The molecule has 0 aromatic heterocycles. The predicted molar refractivity (Wildman–Crippen MR) is 39.0 cm³/mol. The highest BCUT2D eigenvalue weighted by molar-refractivity contribution is 5.77. The first-order valence-electron chi connectivity index (χ1n) is 3.41. The summed E-state index contributed by atoms with van der Waals surface area (Å²) in [5.74, 6) is -0.429. The van der Waals surface area contributed by atoms with Crippen LogP contribution in [0.1, 0.15) is 12.8 Å². The second kappa shape index (κ2) is 2.84. The molecule has 0 heterocycles. The normalized spacial score (nSPS) is 32.1. The van der Waals surface area contributed by atoms with Crippen molar-refractivity contribution in [3.63, 3.8) is 0 Å². The lowest BCUT2D eigenvalue weighted by atomic mass is 9.89. The van der Waals surface area contributed by atoms with E-state index >= 15 is 0 Å². The summed E-state index contributed by atoms with van der Waals surface area (Å²) in [5, 5.41) is 0. The van der Waals surface area contributed by atoms with Crippen LogP contribution in [0, 0.1) is 5.92 Å². The van der Waals surface area contributed by atoms with Gasteiger partial charge in [0.25, 0.3) is 0 Å². The van der Waals surface area contributed by atoms with Gasteiger partial charge in [0.15, 0.2) is 0 Å². The minimum atomic E-state index is -0.281. The topological polar surface area (TPSA) is 69.1 Å². The van der Waals surface area contributed by atoms with Gasteiger partial charge in [0.1, 0.15) is 0 Å². The molecule has 0 aliphatic heterocycles. The Hall–Kier alpha value is -0.830. The molecule has 0 saturated carbocycles. The molecule has 0 spiro atoms. The Bertz CT molecular complexity index is 165. The number of rotatable bonds is 1. The highest BCUT2D eigenvalue weighted by atomic mass is 16.1. The van der Waals surface area contributed by atoms with E-state index in [4.69, 9.17) is 11.5 Å². The van der Waals surface area contributed by atoms with Gasteiger partial charge in [-0.3, -0.25) is 4.79 Å². The van der Waals surface area contributed by atoms with Crippen molar-refractivity contribution in [2.24, 2.45) is 17.4 Å². The van der Waals surface area contributed by atoms with Gasteiger partial charge in [-0.15, -0.1) is 0 Å². The van der Waals surface area contributed by atoms with Crippen LogP contribution in [0.15, 0.2) is 12.2 Å². The molecule has 10 heavy (non-hydrogen) atoms. The second-order valence-electron chi connectivity index (χ2n) is 2.62. The SMILES string of the molecule is NC(=O)[C@@H]1CC=CC[C@H]1N. The maximum Gasteiger partial charge on any atom is 0.222 e. The molecule has 0 fully saturated rings. The Labute approximate surface area is 60.1 Å². The Morgan fingerprint density at radius 1 is 1.40 bits per heavy atom. The van der Waals surface area contributed by atoms with Gasteiger partial charge in [-0.05, 0) is 12.8 Å². The molecular weight excluding hydrogens is 128 g/mol. The fraction of sp³-hybridized carbons (Fsp3) is 0.571. The van der Waals surface area contributed by atoms with Gasteiger partial charge < -0.3 is 11.5 Å². The van der Waals surface area contributed by atoms with Crippen LogP contribution in [-0.4, -0.2) is 11.9 Å². The third kappa shape index (κ3) is 1.36. The summed E-state index contributed by atoms with van der Waals surface area (Å²) >= 11 is 0. The lowest BCUT2D eigenvalue weighted by Gasteiger charge is -2.21. The van der Waals surface area contributed by atoms with Crippen molar-refractivity contribution in [1.82, 2.24) is 0 Å². The van der Waals surface area contributed by atoms with Gasteiger partial charge in [0, 0.05) is 6.04 Å². The average Bonchev–Trinajstić information content (AvgIpc) is 1.88. The van der Waals surface area contributed by atoms with E-state index in [2.05, 4.69) is 0 Å². The molecular formula is C7H12N2O. The van der Waals surface area contributed by atoms with Crippen molar-refractivity contribution < 1.29 is 4.79 Å². The Kier molecular flexibility index (Phi) is 2.06. The van der Waals surface area contributed by atoms with Crippen LogP contribution in [0.4, 0.5) is 0 Å². The smallest absolute Gasteiger partial charge is 0.222 e. The molecule has 56 valence electrons. The molecule has 1 aliphatic rings. The number of hydrogen-bond donors (Lipinski definition) is 2. The van der Waals surface area contributed by atoms with Crippen LogP contribution in [0.3, 0.4) is 0 Å². The highest BCUT2D eigenvalue weighted by Gasteiger charge is 2.23. The first-order valence-corrected chi connectivity index (χ1v) is 3.41. The Balaban J connectivity index is 2.59. The van der Waals surface area contributed by atoms with Gasteiger partial charge in [0.05, 0.1) is 5.92 Å². The lowest BCUT2D eigenvalue weighted by Crippen LogP contribution is -2.39. The van der Waals surface area contributed by atoms with Crippen molar-refractivity contribution >= 4 is 5.91 Å². The molecule has 0 aromatic rings. The van der Waals surface area contributed by atoms with E-state index in [0.29, 0.717) is 6.42 Å². The highest BCUT2D eigenvalue weighted by Crippen LogP contribution is 2.16. The third-order valence-electron chi connectivity index (χ3n) is 1.85. The van der Waals surface area contributed by atoms with E-state index in [1.165, 1.54) is 0 Å². The largest absolute Gasteiger partial charge is 0.369 e. The van der Waals surface area contributed by atoms with E-state index in [9.17, 15) is 4.79 Å². The minimum absolute atomic E-state index is 0.0671. The van der Waals surface area contributed by atoms with Gasteiger partial charge in [-0.25, -0.2) is 0 Å². The number of carbonyl (C=O) groups is 1. The fourth-order valence-corrected chi connectivity index (χ4v) is 1.16. The molecule has 4 N–H and O–H groups in total. The van der Waals surface area contributed by atoms with Crippen LogP contribution < -0.4 is 11.5 Å². The molecule has 0 unspecified atom stereocenters. The number of primary amides is 1. The quantitative estimate of drug-likeness (QED) is 0.494. The number of hydrogen-bond acceptors (Lipinski definition) is 2. The van der Waals surface area contributed by atoms with Gasteiger partial charge in [0.2, 0.25) is 5.91 Å². The number of nitrogens with two attached hydrogens (primary N) is 2. The second-order valence-corrected chi connectivity index (χ2v) is 2.62. The third-order valence-corrected chi connectivity index (χ3v) is 1.85. The first kappa shape index (κ1) is 7.28. The van der Waals surface area contributed by atoms with Crippen molar-refractivity contribution in [2.75, 3.05) is 0 Å². The molecule has 0 radical (unpaired) electrons. The summed E-state index contributed by atoms with van der Waals surface area (Å²) in [6, 6.07) is -0.0671. The summed E-state index contributed by atoms with van der Waals surface area (Å²) in [6.07, 6.45) is 5.42. The fourth-order valence-electron chi connectivity index (χ4n) is 1.16. The van der Waals surface area contributed by atoms with E-state index in [1.807, 2.05) is 12.2 Å². The molecule has 3 heteroatoms. The van der Waals surface area contributed by atoms with Gasteiger partial charge >= 0.3 is 0 Å². The number of allylic oxidation sites excluding steroid dienone is 1. The standard InChI is InChI=1S/C7H12N2O/c8-6-4-2-1-3-5(6)7(9)10/h1-2,5-6H,3-4,8H2,(H2,9,10)/t5-,6-/m1/s1. The Morgan fingerprint density at radius 3 is 2.40 bits per heavy atom. The summed E-state index contributed by atoms with van der Waals surface area (Å²) in [6.45, 7) is 0. The minimum Gasteiger partial charge on any atom is -0.369 e.